The van der Waals surface area contributed by atoms with Crippen molar-refractivity contribution in [3.8, 4) is 5.75 Å². The Hall–Kier alpha value is -4.31. The monoisotopic (exact) mass is 603 g/mol. The molecule has 2 heterocycles. The molecule has 42 heavy (non-hydrogen) atoms. The number of fused-ring (bicyclic) bond motifs is 1. The first kappa shape index (κ1) is 30.6. The fourth-order valence-electron chi connectivity index (χ4n) is 4.84. The molecule has 3 N–H and O–H groups in total. The number of nitrogens with zero attached hydrogens (tertiary/aromatic N) is 2. The van der Waals surface area contributed by atoms with Gasteiger partial charge in [-0.2, -0.15) is 0 Å². The van der Waals surface area contributed by atoms with E-state index >= 15 is 0 Å². The average Bonchev–Trinajstić information content (AvgIpc) is 2.93. The number of halogens is 1. The van der Waals surface area contributed by atoms with Crippen LogP contribution in [0.4, 0.5) is 9.18 Å². The van der Waals surface area contributed by atoms with Gasteiger partial charge in [0.2, 0.25) is 0 Å². The Bertz CT molecular complexity index is 1540. The molecule has 2 aromatic carbocycles. The van der Waals surface area contributed by atoms with Crippen molar-refractivity contribution < 1.29 is 51.6 Å². The summed E-state index contributed by atoms with van der Waals surface area (Å²) in [5.41, 5.74) is 0.458. The van der Waals surface area contributed by atoms with Gasteiger partial charge < -0.3 is 25.0 Å². The van der Waals surface area contributed by atoms with Gasteiger partial charge in [-0.25, -0.2) is 22.4 Å². The Kier molecular flexibility index (Phi) is 8.96. The molecular weight excluding hydrogens is 576 g/mol. The largest absolute Gasteiger partial charge is 0.535 e. The molecule has 222 valence electrons. The maximum Gasteiger partial charge on any atom is 0.526 e. The third-order valence-corrected chi connectivity index (χ3v) is 8.18. The molecule has 0 radical (unpaired) electrons. The van der Waals surface area contributed by atoms with E-state index in [1.54, 1.807) is 6.07 Å². The van der Waals surface area contributed by atoms with Crippen molar-refractivity contribution in [3.63, 3.8) is 0 Å². The first-order valence-corrected chi connectivity index (χ1v) is 14.7. The normalized spacial score (nSPS) is 17.8. The number of Topliss-reactive ketones (excluding diaryl/α,β-unsaturated/α-hetero) is 1. The quantitative estimate of drug-likeness (QED) is 0.271. The van der Waals surface area contributed by atoms with Crippen LogP contribution in [0, 0.1) is 0 Å². The Morgan fingerprint density at radius 1 is 1.12 bits per heavy atom. The number of benzene rings is 2. The number of rotatable bonds is 9. The van der Waals surface area contributed by atoms with Gasteiger partial charge in [0.1, 0.15) is 18.5 Å². The van der Waals surface area contributed by atoms with E-state index in [-0.39, 0.29) is 54.2 Å². The zero-order chi connectivity index (χ0) is 30.8. The molecule has 2 aliphatic rings. The summed E-state index contributed by atoms with van der Waals surface area (Å²) in [6.45, 7) is -1.53. The molecule has 0 aliphatic carbocycles. The summed E-state index contributed by atoms with van der Waals surface area (Å²) in [6.07, 6.45) is 0.698. The van der Waals surface area contributed by atoms with Crippen LogP contribution in [0.2, 0.25) is 5.82 Å². The van der Waals surface area contributed by atoms with Crippen molar-refractivity contribution in [2.75, 3.05) is 32.6 Å². The molecule has 4 rings (SSSR count). The highest BCUT2D eigenvalue weighted by molar-refractivity contribution is 7.90. The number of aromatic carboxylic acids is 1. The van der Waals surface area contributed by atoms with Crippen LogP contribution in [0.25, 0.3) is 0 Å². The molecule has 0 bridgehead atoms. The number of piperazine rings is 1. The first-order valence-electron chi connectivity index (χ1n) is 12.8. The van der Waals surface area contributed by atoms with E-state index in [4.69, 9.17) is 4.65 Å². The van der Waals surface area contributed by atoms with Gasteiger partial charge in [0.15, 0.2) is 15.6 Å². The number of carboxylic acid groups (broad SMARTS) is 1. The van der Waals surface area contributed by atoms with Crippen molar-refractivity contribution in [1.82, 2.24) is 15.1 Å². The minimum atomic E-state index is -3.58. The molecule has 2 aliphatic heterocycles. The summed E-state index contributed by atoms with van der Waals surface area (Å²) in [7, 11) is -5.14. The number of urea groups is 1. The number of carbonyl (C=O) groups is 5. The lowest BCUT2D eigenvalue weighted by atomic mass is 9.64. The number of nitrogens with one attached hydrogen (secondary N) is 1. The van der Waals surface area contributed by atoms with Gasteiger partial charge in [0.25, 0.3) is 0 Å². The van der Waals surface area contributed by atoms with Gasteiger partial charge in [-0.3, -0.25) is 19.3 Å². The number of alkyl halides is 1. The highest BCUT2D eigenvalue weighted by atomic mass is 32.2. The molecule has 0 aromatic heterocycles. The Balaban J connectivity index is 1.58. The minimum absolute atomic E-state index is 0.0162. The third kappa shape index (κ3) is 6.44. The van der Waals surface area contributed by atoms with Crippen LogP contribution in [-0.4, -0.2) is 97.6 Å². The SMILES string of the molecule is CS(=O)(=O)c1ccc(C(NC(=O)N2CCN(CCF)C(=O)C2=O)C(=O)C[C@H]2Cc3cccc(C(=O)O)c3OB2O)cc1. The summed E-state index contributed by atoms with van der Waals surface area (Å²) in [5.74, 6) is -5.04. The van der Waals surface area contributed by atoms with E-state index in [0.29, 0.717) is 10.5 Å². The van der Waals surface area contributed by atoms with E-state index < -0.39 is 65.1 Å². The fraction of sp³-hybridized carbons (Fsp3) is 0.346. The Morgan fingerprint density at radius 3 is 2.43 bits per heavy atom. The topological polar surface area (TPSA) is 188 Å². The number of para-hydroxylation sites is 1. The van der Waals surface area contributed by atoms with E-state index in [9.17, 15) is 46.9 Å². The van der Waals surface area contributed by atoms with Gasteiger partial charge in [0.05, 0.1) is 10.5 Å². The molecule has 2 aromatic rings. The van der Waals surface area contributed by atoms with Crippen molar-refractivity contribution >= 4 is 46.6 Å². The second-order valence-corrected chi connectivity index (χ2v) is 11.9. The van der Waals surface area contributed by atoms with Crippen LogP contribution in [0.15, 0.2) is 47.4 Å². The number of ketones is 1. The van der Waals surface area contributed by atoms with Crippen LogP contribution in [0.3, 0.4) is 0 Å². The smallest absolute Gasteiger partial charge is 0.526 e. The second kappa shape index (κ2) is 12.3. The van der Waals surface area contributed by atoms with Gasteiger partial charge in [-0.1, -0.05) is 24.3 Å². The lowest BCUT2D eigenvalue weighted by Crippen LogP contribution is -2.59. The van der Waals surface area contributed by atoms with E-state index in [0.717, 1.165) is 11.2 Å². The van der Waals surface area contributed by atoms with Crippen molar-refractivity contribution in [3.05, 3.63) is 59.2 Å². The highest BCUT2D eigenvalue weighted by Crippen LogP contribution is 2.37. The number of hydrogen-bond donors (Lipinski definition) is 3. The molecule has 4 amide bonds. The molecule has 16 heteroatoms. The van der Waals surface area contributed by atoms with Crippen molar-refractivity contribution in [2.45, 2.75) is 29.6 Å². The van der Waals surface area contributed by atoms with Crippen molar-refractivity contribution in [1.29, 1.82) is 0 Å². The molecule has 2 atom stereocenters. The van der Waals surface area contributed by atoms with Crippen LogP contribution < -0.4 is 9.97 Å². The second-order valence-electron chi connectivity index (χ2n) is 9.90. The standard InChI is InChI=1S/C26H27BFN3O10S/c1-42(39,40)18-7-5-15(6-8-18)21(29-26(37)31-12-11-30(10-9-28)23(33)24(31)34)20(32)14-17-13-16-3-2-4-19(25(35)36)22(16)41-27(17)38/h2-8,17,21,38H,9-14H2,1H3,(H,29,37)(H,35,36)/t17-,21?/m1/s1. The van der Waals surface area contributed by atoms with Gasteiger partial charge in [-0.05, 0) is 35.7 Å². The van der Waals surface area contributed by atoms with Gasteiger partial charge >= 0.3 is 30.9 Å². The number of sulfone groups is 1. The molecule has 1 saturated heterocycles. The number of carboxylic acids is 1. The molecule has 13 nitrogen and oxygen atoms in total. The Labute approximate surface area is 240 Å². The van der Waals surface area contributed by atoms with Crippen LogP contribution >= 0.6 is 0 Å². The van der Waals surface area contributed by atoms with Gasteiger partial charge in [0, 0.05) is 38.1 Å². The predicted octanol–water partition coefficient (Wildman–Crippen LogP) is 0.624. The molecule has 1 fully saturated rings. The number of imide groups is 1. The summed E-state index contributed by atoms with van der Waals surface area (Å²) in [5, 5.41) is 22.5. The maximum atomic E-state index is 13.6. The van der Waals surface area contributed by atoms with E-state index in [1.165, 1.54) is 36.4 Å². The molecule has 0 saturated carbocycles. The maximum absolute atomic E-state index is 13.6. The highest BCUT2D eigenvalue weighted by Gasteiger charge is 2.41. The zero-order valence-electron chi connectivity index (χ0n) is 22.4. The summed E-state index contributed by atoms with van der Waals surface area (Å²) >= 11 is 0. The molecular formula is C26H27BFN3O10S. The summed E-state index contributed by atoms with van der Waals surface area (Å²) in [4.78, 5) is 64.7. The van der Waals surface area contributed by atoms with Crippen LogP contribution in [-0.2, 0) is 30.6 Å². The fourth-order valence-corrected chi connectivity index (χ4v) is 5.48. The molecule has 1 unspecified atom stereocenters. The van der Waals surface area contributed by atoms with Gasteiger partial charge in [-0.15, -0.1) is 0 Å². The van der Waals surface area contributed by atoms with Crippen LogP contribution in [0.5, 0.6) is 5.75 Å². The number of carbonyl (C=O) groups excluding carboxylic acids is 4. The molecule has 0 spiro atoms. The minimum Gasteiger partial charge on any atom is -0.535 e. The summed E-state index contributed by atoms with van der Waals surface area (Å²) in [6, 6.07) is 7.01. The van der Waals surface area contributed by atoms with E-state index in [1.807, 2.05) is 0 Å². The lowest BCUT2D eigenvalue weighted by molar-refractivity contribution is -0.153. The summed E-state index contributed by atoms with van der Waals surface area (Å²) < 4.78 is 42.0. The van der Waals surface area contributed by atoms with E-state index in [2.05, 4.69) is 5.32 Å². The average molecular weight is 603 g/mol. The van der Waals surface area contributed by atoms with Crippen LogP contribution in [0.1, 0.15) is 33.9 Å². The number of amides is 4. The Morgan fingerprint density at radius 2 is 1.81 bits per heavy atom. The van der Waals surface area contributed by atoms with Crippen molar-refractivity contribution in [2.24, 2.45) is 0 Å². The first-order chi connectivity index (χ1) is 19.8. The predicted molar refractivity (Wildman–Crippen MR) is 144 cm³/mol. The number of hydrogen-bond acceptors (Lipinski definition) is 9. The lowest BCUT2D eigenvalue weighted by Gasteiger charge is -2.33. The third-order valence-electron chi connectivity index (χ3n) is 7.05. The zero-order valence-corrected chi connectivity index (χ0v) is 23.2.